The summed E-state index contributed by atoms with van der Waals surface area (Å²) in [4.78, 5) is 25.9. The summed E-state index contributed by atoms with van der Waals surface area (Å²) >= 11 is 1.32. The molecule has 8 heteroatoms. The Bertz CT molecular complexity index is 583. The molecule has 0 atom stereocenters. The smallest absolute Gasteiger partial charge is 0.348 e. The molecule has 0 saturated heterocycles. The topological polar surface area (TPSA) is 94.4 Å². The Morgan fingerprint density at radius 3 is 2.90 bits per heavy atom. The van der Waals surface area contributed by atoms with Gasteiger partial charge in [0.15, 0.2) is 0 Å². The maximum Gasteiger partial charge on any atom is 0.348 e. The van der Waals surface area contributed by atoms with E-state index in [1.54, 1.807) is 17.5 Å². The van der Waals surface area contributed by atoms with Gasteiger partial charge >= 0.3 is 5.97 Å². The fourth-order valence-electron chi connectivity index (χ4n) is 1.39. The number of aromatic nitrogens is 1. The van der Waals surface area contributed by atoms with Gasteiger partial charge in [0.2, 0.25) is 0 Å². The largest absolute Gasteiger partial charge is 0.460 e. The van der Waals surface area contributed by atoms with Gasteiger partial charge in [-0.2, -0.15) is 0 Å². The molecule has 2 rings (SSSR count). The number of esters is 1. The molecule has 104 valence electrons. The van der Waals surface area contributed by atoms with Crippen LogP contribution in [0.5, 0.6) is 0 Å². The second-order valence-electron chi connectivity index (χ2n) is 3.70. The molecule has 0 aromatic carbocycles. The van der Waals surface area contributed by atoms with E-state index in [-0.39, 0.29) is 18.3 Å². The zero-order chi connectivity index (χ0) is 14.4. The Kier molecular flexibility index (Phi) is 4.61. The van der Waals surface area contributed by atoms with Crippen LogP contribution in [0.1, 0.15) is 9.67 Å². The lowest BCUT2D eigenvalue weighted by molar-refractivity contribution is -0.385. The van der Waals surface area contributed by atoms with Gasteiger partial charge in [-0.15, -0.1) is 11.3 Å². The number of carbonyl (C=O) groups is 1. The Labute approximate surface area is 118 Å². The molecule has 2 heterocycles. The summed E-state index contributed by atoms with van der Waals surface area (Å²) in [6, 6.07) is 6.32. The van der Waals surface area contributed by atoms with Crippen molar-refractivity contribution in [3.63, 3.8) is 0 Å². The number of anilines is 1. The predicted octanol–water partition coefficient (Wildman–Crippen LogP) is 2.32. The molecule has 0 unspecified atom stereocenters. The minimum atomic E-state index is -0.514. The molecule has 0 amide bonds. The highest BCUT2D eigenvalue weighted by molar-refractivity contribution is 7.11. The average molecular weight is 293 g/mol. The normalized spacial score (nSPS) is 10.0. The fourth-order valence-corrected chi connectivity index (χ4v) is 2.00. The van der Waals surface area contributed by atoms with Crippen LogP contribution in [0.4, 0.5) is 11.5 Å². The van der Waals surface area contributed by atoms with Gasteiger partial charge in [0.25, 0.3) is 5.69 Å². The quantitative estimate of drug-likeness (QED) is 0.380. The van der Waals surface area contributed by atoms with Gasteiger partial charge in [0.05, 0.1) is 11.5 Å². The highest BCUT2D eigenvalue weighted by Gasteiger charge is 2.07. The summed E-state index contributed by atoms with van der Waals surface area (Å²) in [6.07, 6.45) is 1.17. The number of nitro groups is 1. The van der Waals surface area contributed by atoms with Crippen LogP contribution in [0.25, 0.3) is 0 Å². The summed E-state index contributed by atoms with van der Waals surface area (Å²) in [6.45, 7) is 0.567. The zero-order valence-corrected chi connectivity index (χ0v) is 11.1. The van der Waals surface area contributed by atoms with E-state index in [9.17, 15) is 14.9 Å². The Morgan fingerprint density at radius 2 is 2.30 bits per heavy atom. The minimum Gasteiger partial charge on any atom is -0.460 e. The summed E-state index contributed by atoms with van der Waals surface area (Å²) in [5.41, 5.74) is -0.0697. The van der Waals surface area contributed by atoms with Crippen LogP contribution in [-0.2, 0) is 4.74 Å². The van der Waals surface area contributed by atoms with Gasteiger partial charge in [-0.25, -0.2) is 9.78 Å². The molecule has 0 spiro atoms. The van der Waals surface area contributed by atoms with E-state index in [0.29, 0.717) is 17.2 Å². The third-order valence-corrected chi connectivity index (χ3v) is 3.17. The lowest BCUT2D eigenvalue weighted by Gasteiger charge is -2.05. The number of hydrogen-bond acceptors (Lipinski definition) is 7. The van der Waals surface area contributed by atoms with Crippen LogP contribution in [0.3, 0.4) is 0 Å². The third-order valence-electron chi connectivity index (χ3n) is 2.32. The first-order valence-electron chi connectivity index (χ1n) is 5.72. The molecule has 0 aliphatic heterocycles. The van der Waals surface area contributed by atoms with Crippen molar-refractivity contribution in [3.8, 4) is 0 Å². The third kappa shape index (κ3) is 3.75. The molecule has 0 aliphatic rings. The number of hydrogen-bond donors (Lipinski definition) is 1. The summed E-state index contributed by atoms with van der Waals surface area (Å²) in [5.74, 6) is 0.126. The first kappa shape index (κ1) is 13.9. The Balaban J connectivity index is 1.73. The van der Waals surface area contributed by atoms with Gasteiger partial charge in [0.1, 0.15) is 23.5 Å². The fraction of sp³-hybridized carbons (Fsp3) is 0.167. The van der Waals surface area contributed by atoms with E-state index in [1.807, 2.05) is 0 Å². The first-order chi connectivity index (χ1) is 9.66. The van der Waals surface area contributed by atoms with Gasteiger partial charge in [-0.3, -0.25) is 10.1 Å². The number of carbonyl (C=O) groups excluding carboxylic acids is 1. The first-order valence-corrected chi connectivity index (χ1v) is 6.60. The van der Waals surface area contributed by atoms with Crippen molar-refractivity contribution in [2.45, 2.75) is 0 Å². The average Bonchev–Trinajstić information content (AvgIpc) is 2.98. The zero-order valence-electron chi connectivity index (χ0n) is 10.3. The lowest BCUT2D eigenvalue weighted by Crippen LogP contribution is -2.13. The van der Waals surface area contributed by atoms with Crippen molar-refractivity contribution in [1.29, 1.82) is 0 Å². The van der Waals surface area contributed by atoms with Crippen LogP contribution in [-0.4, -0.2) is 29.0 Å². The molecule has 1 N–H and O–H groups in total. The molecular formula is C12H11N3O4S. The van der Waals surface area contributed by atoms with E-state index in [0.717, 1.165) is 0 Å². The predicted molar refractivity (Wildman–Crippen MR) is 74.0 cm³/mol. The summed E-state index contributed by atoms with van der Waals surface area (Å²) < 4.78 is 5.04. The molecule has 7 nitrogen and oxygen atoms in total. The van der Waals surface area contributed by atoms with E-state index in [4.69, 9.17) is 4.74 Å². The molecule has 0 radical (unpaired) electrons. The number of nitrogens with zero attached hydrogens (tertiary/aromatic N) is 2. The maximum atomic E-state index is 11.5. The molecule has 20 heavy (non-hydrogen) atoms. The molecule has 0 fully saturated rings. The summed E-state index contributed by atoms with van der Waals surface area (Å²) in [7, 11) is 0. The maximum absolute atomic E-state index is 11.5. The van der Waals surface area contributed by atoms with Crippen LogP contribution >= 0.6 is 11.3 Å². The van der Waals surface area contributed by atoms with Crippen molar-refractivity contribution in [2.24, 2.45) is 0 Å². The molecule has 0 bridgehead atoms. The number of nitrogens with one attached hydrogen (secondary N) is 1. The van der Waals surface area contributed by atoms with E-state index >= 15 is 0 Å². The Hall–Kier alpha value is -2.48. The van der Waals surface area contributed by atoms with Crippen molar-refractivity contribution in [3.05, 3.63) is 50.8 Å². The van der Waals surface area contributed by atoms with Gasteiger partial charge in [-0.1, -0.05) is 6.07 Å². The van der Waals surface area contributed by atoms with E-state index in [2.05, 4.69) is 10.3 Å². The molecule has 2 aromatic rings. The van der Waals surface area contributed by atoms with Gasteiger partial charge in [0, 0.05) is 6.07 Å². The number of ether oxygens (including phenoxy) is 1. The molecular weight excluding hydrogens is 282 g/mol. The van der Waals surface area contributed by atoms with Gasteiger partial charge < -0.3 is 10.1 Å². The van der Waals surface area contributed by atoms with Crippen molar-refractivity contribution < 1.29 is 14.5 Å². The minimum absolute atomic E-state index is 0.0697. The van der Waals surface area contributed by atoms with E-state index in [1.165, 1.54) is 29.7 Å². The monoisotopic (exact) mass is 293 g/mol. The molecule has 2 aromatic heterocycles. The SMILES string of the molecule is O=C(OCCNc1ccc([N+](=O)[O-])cn1)c1cccs1. The summed E-state index contributed by atoms with van der Waals surface area (Å²) in [5, 5.41) is 15.2. The highest BCUT2D eigenvalue weighted by Crippen LogP contribution is 2.12. The molecule has 0 aliphatic carbocycles. The van der Waals surface area contributed by atoms with Crippen molar-refractivity contribution >= 4 is 28.8 Å². The number of rotatable bonds is 6. The highest BCUT2D eigenvalue weighted by atomic mass is 32.1. The second-order valence-corrected chi connectivity index (χ2v) is 4.65. The van der Waals surface area contributed by atoms with Gasteiger partial charge in [-0.05, 0) is 17.5 Å². The van der Waals surface area contributed by atoms with E-state index < -0.39 is 4.92 Å². The van der Waals surface area contributed by atoms with Crippen molar-refractivity contribution in [1.82, 2.24) is 4.98 Å². The van der Waals surface area contributed by atoms with Crippen LogP contribution in [0, 0.1) is 10.1 Å². The number of pyridine rings is 1. The lowest BCUT2D eigenvalue weighted by atomic mass is 10.4. The van der Waals surface area contributed by atoms with Crippen LogP contribution in [0.2, 0.25) is 0 Å². The standard InChI is InChI=1S/C12H11N3O4S/c16-12(10-2-1-7-20-10)19-6-5-13-11-4-3-9(8-14-11)15(17)18/h1-4,7-8H,5-6H2,(H,13,14). The van der Waals surface area contributed by atoms with Crippen LogP contribution < -0.4 is 5.32 Å². The van der Waals surface area contributed by atoms with Crippen LogP contribution in [0.15, 0.2) is 35.8 Å². The molecule has 0 saturated carbocycles. The Morgan fingerprint density at radius 1 is 1.45 bits per heavy atom. The number of thiophene rings is 1. The second kappa shape index (κ2) is 6.62. The van der Waals surface area contributed by atoms with Crippen molar-refractivity contribution in [2.75, 3.05) is 18.5 Å².